The van der Waals surface area contributed by atoms with Crippen molar-refractivity contribution < 1.29 is 0 Å². The normalized spacial score (nSPS) is 12.6. The second-order valence-electron chi connectivity index (χ2n) is 11.9. The molecule has 0 amide bonds. The Bertz CT molecular complexity index is 2270. The van der Waals surface area contributed by atoms with Crippen molar-refractivity contribution in [1.29, 1.82) is 5.26 Å². The van der Waals surface area contributed by atoms with E-state index in [1.807, 2.05) is 79.7 Å². The van der Waals surface area contributed by atoms with Crippen molar-refractivity contribution >= 4 is 28.9 Å². The number of aliphatic imine (C=N–C) groups is 2. The van der Waals surface area contributed by atoms with E-state index in [2.05, 4.69) is 97.6 Å². The van der Waals surface area contributed by atoms with Gasteiger partial charge in [-0.15, -0.1) is 0 Å². The second kappa shape index (κ2) is 13.5. The van der Waals surface area contributed by atoms with Gasteiger partial charge >= 0.3 is 0 Å². The Kier molecular flexibility index (Phi) is 8.55. The number of fused-ring (bicyclic) bond motifs is 2. The van der Waals surface area contributed by atoms with Crippen molar-refractivity contribution in [3.63, 3.8) is 0 Å². The molecule has 0 heterocycles. The minimum atomic E-state index is 0.574. The highest BCUT2D eigenvalue weighted by Gasteiger charge is 2.19. The number of amidine groups is 1. The Labute approximate surface area is 282 Å². The summed E-state index contributed by atoms with van der Waals surface area (Å²) in [7, 11) is 0. The third-order valence-electron chi connectivity index (χ3n) is 8.71. The molecule has 6 aromatic carbocycles. The molecule has 0 fully saturated rings. The molecule has 0 spiro atoms. The van der Waals surface area contributed by atoms with Crippen LogP contribution in [-0.2, 0) is 6.42 Å². The Balaban J connectivity index is 1.48. The molecule has 0 saturated heterocycles. The van der Waals surface area contributed by atoms with Gasteiger partial charge in [-0.25, -0.2) is 9.98 Å². The smallest absolute Gasteiger partial charge is 0.160 e. The fourth-order valence-corrected chi connectivity index (χ4v) is 6.15. The fraction of sp³-hybridized carbons (Fsp3) is 0.0444. The van der Waals surface area contributed by atoms with Gasteiger partial charge in [0.25, 0.3) is 0 Å². The minimum Gasteiger partial charge on any atom is -0.233 e. The van der Waals surface area contributed by atoms with Gasteiger partial charge in [-0.05, 0) is 105 Å². The molecule has 48 heavy (non-hydrogen) atoms. The van der Waals surface area contributed by atoms with Crippen molar-refractivity contribution in [1.82, 2.24) is 0 Å². The van der Waals surface area contributed by atoms with Gasteiger partial charge in [0.2, 0.25) is 0 Å². The van der Waals surface area contributed by atoms with Crippen LogP contribution in [0.15, 0.2) is 168 Å². The van der Waals surface area contributed by atoms with Crippen LogP contribution in [0.25, 0.3) is 28.5 Å². The molecule has 0 radical (unpaired) electrons. The van der Waals surface area contributed by atoms with E-state index in [4.69, 9.17) is 9.98 Å². The number of hydrogen-bond donors (Lipinski definition) is 0. The van der Waals surface area contributed by atoms with Crippen LogP contribution in [0.1, 0.15) is 57.0 Å². The highest BCUT2D eigenvalue weighted by Crippen LogP contribution is 2.37. The molecule has 3 nitrogen and oxygen atoms in total. The first kappa shape index (κ1) is 30.3. The molecule has 0 unspecified atom stereocenters. The Hall–Kier alpha value is -6.37. The number of hydrogen-bond acceptors (Lipinski definition) is 2. The average molecular weight is 616 g/mol. The van der Waals surface area contributed by atoms with Gasteiger partial charge in [0.15, 0.2) is 5.84 Å². The summed E-state index contributed by atoms with van der Waals surface area (Å²) < 4.78 is 0. The van der Waals surface area contributed by atoms with Crippen LogP contribution in [0.3, 0.4) is 0 Å². The Morgan fingerprint density at radius 2 is 1.23 bits per heavy atom. The number of benzene rings is 6. The lowest BCUT2D eigenvalue weighted by atomic mass is 9.89. The molecule has 0 bridgehead atoms. The molecule has 0 aliphatic heterocycles. The zero-order chi connectivity index (χ0) is 32.9. The highest BCUT2D eigenvalue weighted by molar-refractivity contribution is 6.13. The fourth-order valence-electron chi connectivity index (χ4n) is 6.15. The van der Waals surface area contributed by atoms with E-state index in [1.165, 1.54) is 22.3 Å². The summed E-state index contributed by atoms with van der Waals surface area (Å²) in [6.45, 7) is 6.37. The molecule has 1 aliphatic carbocycles. The second-order valence-corrected chi connectivity index (χ2v) is 11.9. The monoisotopic (exact) mass is 615 g/mol. The lowest BCUT2D eigenvalue weighted by Gasteiger charge is -2.16. The Morgan fingerprint density at radius 3 is 1.96 bits per heavy atom. The van der Waals surface area contributed by atoms with Gasteiger partial charge in [0, 0.05) is 11.3 Å². The van der Waals surface area contributed by atoms with E-state index >= 15 is 0 Å². The minimum absolute atomic E-state index is 0.574. The van der Waals surface area contributed by atoms with E-state index in [0.29, 0.717) is 17.1 Å². The molecular formula is C45H33N3. The molecule has 0 aromatic heterocycles. The molecular weight excluding hydrogens is 583 g/mol. The average Bonchev–Trinajstić information content (AvgIpc) is 3.32. The quantitative estimate of drug-likeness (QED) is 0.136. The van der Waals surface area contributed by atoms with Gasteiger partial charge in [0.05, 0.1) is 17.3 Å². The molecule has 6 aromatic rings. The van der Waals surface area contributed by atoms with Gasteiger partial charge in [-0.2, -0.15) is 5.26 Å². The standard InChI is InChI=1S/C45H33N3/c1-31(34-13-5-3-6-14-34)47-45(48-32(2)35-15-7-4-8-16-35)42-27-40(36-23-21-33(30-46)22-24-36)26-41(28-42)44-29-38-18-10-9-17-37(38)25-39-19-11-12-20-43(39)44/h3-24,26-29H,1,25H2,2H3/b47-45-,48-32+. The molecule has 0 atom stereocenters. The lowest BCUT2D eigenvalue weighted by molar-refractivity contribution is 1.18. The van der Waals surface area contributed by atoms with Gasteiger partial charge in [-0.3, -0.25) is 0 Å². The SMILES string of the molecule is C=C(/N=C(\N=C(/C)c1ccccc1)c1cc(C2=Cc3ccccc3Cc3ccccc32)cc(-c2ccc(C#N)cc2)c1)c1ccccc1. The van der Waals surface area contributed by atoms with E-state index < -0.39 is 0 Å². The maximum Gasteiger partial charge on any atom is 0.160 e. The molecule has 0 saturated carbocycles. The van der Waals surface area contributed by atoms with E-state index in [9.17, 15) is 5.26 Å². The van der Waals surface area contributed by atoms with Crippen molar-refractivity contribution in [3.8, 4) is 17.2 Å². The van der Waals surface area contributed by atoms with Crippen molar-refractivity contribution in [2.45, 2.75) is 13.3 Å². The molecule has 7 rings (SSSR count). The summed E-state index contributed by atoms with van der Waals surface area (Å²) in [6, 6.07) is 54.0. The van der Waals surface area contributed by atoms with Crippen molar-refractivity contribution in [2.75, 3.05) is 0 Å². The number of nitrogens with zero attached hydrogens (tertiary/aromatic N) is 3. The zero-order valence-electron chi connectivity index (χ0n) is 26.8. The van der Waals surface area contributed by atoms with Gasteiger partial charge < -0.3 is 0 Å². The van der Waals surface area contributed by atoms with Gasteiger partial charge in [0.1, 0.15) is 0 Å². The highest BCUT2D eigenvalue weighted by atomic mass is 14.9. The lowest BCUT2D eigenvalue weighted by Crippen LogP contribution is -2.06. The third kappa shape index (κ3) is 6.47. The van der Waals surface area contributed by atoms with Crippen LogP contribution in [0.5, 0.6) is 0 Å². The topological polar surface area (TPSA) is 48.5 Å². The summed E-state index contributed by atoms with van der Waals surface area (Å²) in [4.78, 5) is 10.3. The molecule has 228 valence electrons. The predicted octanol–water partition coefficient (Wildman–Crippen LogP) is 10.6. The first-order chi connectivity index (χ1) is 23.6. The predicted molar refractivity (Wildman–Crippen MR) is 200 cm³/mol. The Morgan fingerprint density at radius 1 is 0.604 bits per heavy atom. The first-order valence-electron chi connectivity index (χ1n) is 16.0. The summed E-state index contributed by atoms with van der Waals surface area (Å²) in [5.74, 6) is 0.574. The molecule has 1 aliphatic rings. The number of nitriles is 1. The van der Waals surface area contributed by atoms with Crippen LogP contribution in [0.2, 0.25) is 0 Å². The maximum atomic E-state index is 9.49. The largest absolute Gasteiger partial charge is 0.233 e. The van der Waals surface area contributed by atoms with Crippen LogP contribution in [0, 0.1) is 11.3 Å². The summed E-state index contributed by atoms with van der Waals surface area (Å²) in [5.41, 5.74) is 14.1. The van der Waals surface area contributed by atoms with Crippen LogP contribution in [0.4, 0.5) is 0 Å². The maximum absolute atomic E-state index is 9.49. The van der Waals surface area contributed by atoms with Crippen LogP contribution in [-0.4, -0.2) is 11.5 Å². The van der Waals surface area contributed by atoms with E-state index in [0.717, 1.165) is 51.1 Å². The molecule has 0 N–H and O–H groups in total. The summed E-state index contributed by atoms with van der Waals surface area (Å²) in [5, 5.41) is 9.49. The van der Waals surface area contributed by atoms with Crippen molar-refractivity contribution in [2.24, 2.45) is 9.98 Å². The van der Waals surface area contributed by atoms with Gasteiger partial charge in [-0.1, -0.05) is 128 Å². The van der Waals surface area contributed by atoms with Crippen LogP contribution >= 0.6 is 0 Å². The first-order valence-corrected chi connectivity index (χ1v) is 16.0. The zero-order valence-corrected chi connectivity index (χ0v) is 26.8. The van der Waals surface area contributed by atoms with E-state index in [-0.39, 0.29) is 0 Å². The van der Waals surface area contributed by atoms with Crippen molar-refractivity contribution in [3.05, 3.63) is 208 Å². The summed E-state index contributed by atoms with van der Waals surface area (Å²) in [6.07, 6.45) is 3.17. The van der Waals surface area contributed by atoms with Crippen LogP contribution < -0.4 is 0 Å². The van der Waals surface area contributed by atoms with E-state index in [1.54, 1.807) is 0 Å². The third-order valence-corrected chi connectivity index (χ3v) is 8.71. The molecule has 3 heteroatoms. The summed E-state index contributed by atoms with van der Waals surface area (Å²) >= 11 is 0. The number of rotatable bonds is 6.